The predicted octanol–water partition coefficient (Wildman–Crippen LogP) is 3.07. The largest absolute Gasteiger partial charge is 0.456 e. The Kier molecular flexibility index (Phi) is 4.11. The summed E-state index contributed by atoms with van der Waals surface area (Å²) in [4.78, 5) is 11.9. The molecule has 0 unspecified atom stereocenters. The number of rotatable bonds is 1. The quantitative estimate of drug-likeness (QED) is 0.726. The highest BCUT2D eigenvalue weighted by Gasteiger charge is 2.05. The van der Waals surface area contributed by atoms with Crippen LogP contribution >= 0.6 is 0 Å². The van der Waals surface area contributed by atoms with Gasteiger partial charge in [0.2, 0.25) is 0 Å². The molecular weight excluding hydrogens is 240 g/mol. The van der Waals surface area contributed by atoms with Gasteiger partial charge in [-0.3, -0.25) is 4.79 Å². The summed E-state index contributed by atoms with van der Waals surface area (Å²) in [5.74, 6) is 0.606. The first-order chi connectivity index (χ1) is 9.34. The number of hydrogen-bond acceptors (Lipinski definition) is 3. The van der Waals surface area contributed by atoms with Crippen LogP contribution in [0.15, 0.2) is 69.9 Å². The first-order valence-electron chi connectivity index (χ1n) is 5.87. The lowest BCUT2D eigenvalue weighted by atomic mass is 10.1. The Morgan fingerprint density at radius 2 is 1.53 bits per heavy atom. The summed E-state index contributed by atoms with van der Waals surface area (Å²) in [7, 11) is 1.00. The first kappa shape index (κ1) is 13.1. The molecule has 2 aromatic carbocycles. The lowest BCUT2D eigenvalue weighted by Gasteiger charge is -2.02. The monoisotopic (exact) mass is 254 g/mol. The Hall–Kier alpha value is -2.39. The van der Waals surface area contributed by atoms with Gasteiger partial charge in [-0.25, -0.2) is 0 Å². The van der Waals surface area contributed by atoms with Crippen molar-refractivity contribution in [2.24, 2.45) is 0 Å². The van der Waals surface area contributed by atoms with Gasteiger partial charge in [0.1, 0.15) is 11.3 Å². The molecule has 0 radical (unpaired) electrons. The highest BCUT2D eigenvalue weighted by atomic mass is 16.3. The average molecular weight is 254 g/mol. The van der Waals surface area contributed by atoms with E-state index in [1.807, 2.05) is 48.5 Å². The van der Waals surface area contributed by atoms with Crippen LogP contribution in [0.3, 0.4) is 0 Å². The van der Waals surface area contributed by atoms with Crippen molar-refractivity contribution in [3.8, 4) is 11.3 Å². The molecule has 1 aromatic heterocycles. The second-order valence-corrected chi connectivity index (χ2v) is 3.84. The van der Waals surface area contributed by atoms with E-state index in [-0.39, 0.29) is 5.43 Å². The van der Waals surface area contributed by atoms with E-state index >= 15 is 0 Å². The molecule has 96 valence electrons. The van der Waals surface area contributed by atoms with Gasteiger partial charge in [0.25, 0.3) is 0 Å². The van der Waals surface area contributed by atoms with Gasteiger partial charge < -0.3 is 9.52 Å². The van der Waals surface area contributed by atoms with Crippen LogP contribution in [0.1, 0.15) is 0 Å². The van der Waals surface area contributed by atoms with Crippen LogP contribution in [0.4, 0.5) is 0 Å². The van der Waals surface area contributed by atoms with Gasteiger partial charge in [0.05, 0.1) is 5.39 Å². The van der Waals surface area contributed by atoms with Crippen molar-refractivity contribution in [3.05, 3.63) is 70.9 Å². The maximum Gasteiger partial charge on any atom is 0.193 e. The topological polar surface area (TPSA) is 50.4 Å². The van der Waals surface area contributed by atoms with E-state index in [9.17, 15) is 4.79 Å². The molecule has 0 saturated carbocycles. The van der Waals surface area contributed by atoms with Gasteiger partial charge in [-0.05, 0) is 12.1 Å². The molecule has 0 spiro atoms. The lowest BCUT2D eigenvalue weighted by molar-refractivity contribution is 0.399. The van der Waals surface area contributed by atoms with E-state index in [2.05, 4.69) is 0 Å². The predicted molar refractivity (Wildman–Crippen MR) is 76.1 cm³/mol. The number of aliphatic hydroxyl groups excluding tert-OH is 1. The van der Waals surface area contributed by atoms with Crippen LogP contribution in [0.5, 0.6) is 0 Å². The molecule has 0 amide bonds. The van der Waals surface area contributed by atoms with Crippen LogP contribution in [-0.4, -0.2) is 12.2 Å². The molecule has 3 heteroatoms. The second-order valence-electron chi connectivity index (χ2n) is 3.84. The molecular formula is C16H14O3. The maximum atomic E-state index is 11.9. The van der Waals surface area contributed by atoms with Gasteiger partial charge in [-0.1, -0.05) is 42.5 Å². The lowest BCUT2D eigenvalue weighted by Crippen LogP contribution is -1.99. The number of fused-ring (bicyclic) bond motifs is 1. The number of hydrogen-bond donors (Lipinski definition) is 1. The normalized spacial score (nSPS) is 9.79. The van der Waals surface area contributed by atoms with E-state index in [4.69, 9.17) is 9.52 Å². The fourth-order valence-electron chi connectivity index (χ4n) is 1.85. The molecule has 0 aliphatic rings. The molecule has 0 saturated heterocycles. The van der Waals surface area contributed by atoms with Crippen molar-refractivity contribution >= 4 is 11.0 Å². The summed E-state index contributed by atoms with van der Waals surface area (Å²) in [5, 5.41) is 7.62. The molecule has 1 N–H and O–H groups in total. The molecule has 3 nitrogen and oxygen atoms in total. The molecule has 0 bridgehead atoms. The summed E-state index contributed by atoms with van der Waals surface area (Å²) < 4.78 is 5.73. The van der Waals surface area contributed by atoms with Crippen molar-refractivity contribution in [3.63, 3.8) is 0 Å². The fraction of sp³-hybridized carbons (Fsp3) is 0.0625. The van der Waals surface area contributed by atoms with Crippen molar-refractivity contribution in [2.45, 2.75) is 0 Å². The Morgan fingerprint density at radius 3 is 2.26 bits per heavy atom. The fourth-order valence-corrected chi connectivity index (χ4v) is 1.85. The molecule has 0 aliphatic heterocycles. The Balaban J connectivity index is 0.000000637. The minimum absolute atomic E-state index is 0.00861. The summed E-state index contributed by atoms with van der Waals surface area (Å²) in [6.45, 7) is 0. The Morgan fingerprint density at radius 1 is 0.895 bits per heavy atom. The summed E-state index contributed by atoms with van der Waals surface area (Å²) >= 11 is 0. The SMILES string of the molecule is CO.O=c1cc(-c2ccccc2)oc2ccccc12. The third-order valence-electron chi connectivity index (χ3n) is 2.69. The van der Waals surface area contributed by atoms with Gasteiger partial charge in [0, 0.05) is 18.7 Å². The van der Waals surface area contributed by atoms with E-state index in [0.29, 0.717) is 16.7 Å². The standard InChI is InChI=1S/C15H10O2.CH4O/c16-13-10-15(11-6-2-1-3-7-11)17-14-9-5-4-8-12(13)14;1-2/h1-10H;2H,1H3. The van der Waals surface area contributed by atoms with Crippen LogP contribution in [-0.2, 0) is 0 Å². The molecule has 19 heavy (non-hydrogen) atoms. The third kappa shape index (κ3) is 2.72. The highest BCUT2D eigenvalue weighted by Crippen LogP contribution is 2.21. The van der Waals surface area contributed by atoms with Crippen molar-refractivity contribution in [2.75, 3.05) is 7.11 Å². The first-order valence-corrected chi connectivity index (χ1v) is 5.87. The maximum absolute atomic E-state index is 11.9. The van der Waals surface area contributed by atoms with Crippen LogP contribution < -0.4 is 5.43 Å². The third-order valence-corrected chi connectivity index (χ3v) is 2.69. The zero-order valence-electron chi connectivity index (χ0n) is 10.5. The van der Waals surface area contributed by atoms with Gasteiger partial charge >= 0.3 is 0 Å². The highest BCUT2D eigenvalue weighted by molar-refractivity contribution is 5.78. The average Bonchev–Trinajstić information content (AvgIpc) is 2.50. The van der Waals surface area contributed by atoms with Crippen LogP contribution in [0.25, 0.3) is 22.3 Å². The number of aliphatic hydroxyl groups is 1. The zero-order valence-corrected chi connectivity index (χ0v) is 10.5. The Bertz CT molecular complexity index is 715. The van der Waals surface area contributed by atoms with Crippen LogP contribution in [0.2, 0.25) is 0 Å². The van der Waals surface area contributed by atoms with Crippen molar-refractivity contribution < 1.29 is 9.52 Å². The number of benzene rings is 2. The summed E-state index contributed by atoms with van der Waals surface area (Å²) in [6.07, 6.45) is 0. The molecule has 3 rings (SSSR count). The van der Waals surface area contributed by atoms with E-state index < -0.39 is 0 Å². The minimum Gasteiger partial charge on any atom is -0.456 e. The van der Waals surface area contributed by atoms with Crippen molar-refractivity contribution in [1.82, 2.24) is 0 Å². The summed E-state index contributed by atoms with van der Waals surface area (Å²) in [5.41, 5.74) is 1.53. The van der Waals surface area contributed by atoms with Gasteiger partial charge in [-0.15, -0.1) is 0 Å². The van der Waals surface area contributed by atoms with Crippen LogP contribution in [0, 0.1) is 0 Å². The molecule has 1 heterocycles. The summed E-state index contributed by atoms with van der Waals surface area (Å²) in [6, 6.07) is 18.4. The molecule has 0 aliphatic carbocycles. The molecule has 0 atom stereocenters. The van der Waals surface area contributed by atoms with E-state index in [0.717, 1.165) is 12.7 Å². The molecule has 3 aromatic rings. The molecule has 0 fully saturated rings. The second kappa shape index (κ2) is 5.98. The smallest absolute Gasteiger partial charge is 0.193 e. The van der Waals surface area contributed by atoms with E-state index in [1.54, 1.807) is 6.07 Å². The minimum atomic E-state index is -0.00861. The van der Waals surface area contributed by atoms with Crippen molar-refractivity contribution in [1.29, 1.82) is 0 Å². The van der Waals surface area contributed by atoms with Gasteiger partial charge in [0.15, 0.2) is 5.43 Å². The van der Waals surface area contributed by atoms with Gasteiger partial charge in [-0.2, -0.15) is 0 Å². The zero-order chi connectivity index (χ0) is 13.7. The number of para-hydroxylation sites is 1. The van der Waals surface area contributed by atoms with E-state index in [1.165, 1.54) is 6.07 Å². The Labute approximate surface area is 110 Å².